The Kier molecular flexibility index (Phi) is 8.23. The number of carboxylic acids is 1. The number of carboxylic acid groups (broad SMARTS) is 1. The molecule has 180 valence electrons. The maximum Gasteiger partial charge on any atom is 0.490 e. The van der Waals surface area contributed by atoms with E-state index in [9.17, 15) is 17.6 Å². The summed E-state index contributed by atoms with van der Waals surface area (Å²) in [7, 11) is 0. The standard InChI is InChI=1S/C18H26FN3O3.C2HF3O2/c19-16-9-20-17(21-10-16)22-12-18(13-22)15(4-8-25-18)3-7-24-11-14-1-5-23-6-2-14;3-2(4,5)1(6)7/h9-10,14-15H,1-8,11-13H2;(H,6,7). The van der Waals surface area contributed by atoms with Gasteiger partial charge in [-0.2, -0.15) is 13.2 Å². The Labute approximate surface area is 182 Å². The Balaban J connectivity index is 0.000000360. The molecular formula is C20H27F4N3O5. The smallest absolute Gasteiger partial charge is 0.475 e. The van der Waals surface area contributed by atoms with E-state index in [0.29, 0.717) is 17.8 Å². The van der Waals surface area contributed by atoms with Gasteiger partial charge < -0.3 is 24.2 Å². The zero-order chi connectivity index (χ0) is 23.2. The van der Waals surface area contributed by atoms with Crippen molar-refractivity contribution in [3.8, 4) is 0 Å². The van der Waals surface area contributed by atoms with Crippen molar-refractivity contribution in [2.75, 3.05) is 51.0 Å². The number of carbonyl (C=O) groups is 1. The lowest BCUT2D eigenvalue weighted by Gasteiger charge is -2.50. The number of aliphatic carboxylic acids is 1. The third-order valence-electron chi connectivity index (χ3n) is 5.95. The molecule has 0 bridgehead atoms. The predicted molar refractivity (Wildman–Crippen MR) is 104 cm³/mol. The lowest BCUT2D eigenvalue weighted by atomic mass is 9.79. The molecule has 4 rings (SSSR count). The zero-order valence-electron chi connectivity index (χ0n) is 17.5. The number of nitrogens with zero attached hydrogens (tertiary/aromatic N) is 3. The van der Waals surface area contributed by atoms with E-state index in [1.807, 2.05) is 0 Å². The Morgan fingerprint density at radius 2 is 1.81 bits per heavy atom. The van der Waals surface area contributed by atoms with Crippen molar-refractivity contribution >= 4 is 11.9 Å². The summed E-state index contributed by atoms with van der Waals surface area (Å²) in [6.45, 7) is 5.75. The highest BCUT2D eigenvalue weighted by Gasteiger charge is 2.53. The van der Waals surface area contributed by atoms with Gasteiger partial charge in [0.25, 0.3) is 0 Å². The minimum Gasteiger partial charge on any atom is -0.475 e. The molecule has 12 heteroatoms. The fraction of sp³-hybridized carbons (Fsp3) is 0.750. The SMILES string of the molecule is Fc1cnc(N2CC3(C2)OCCC3CCOCC2CCOCC2)nc1.O=C(O)C(F)(F)F. The van der Waals surface area contributed by atoms with Crippen LogP contribution in [0.5, 0.6) is 0 Å². The first-order valence-corrected chi connectivity index (χ1v) is 10.5. The minimum absolute atomic E-state index is 0.0974. The Morgan fingerprint density at radius 3 is 2.41 bits per heavy atom. The van der Waals surface area contributed by atoms with Crippen LogP contribution in [-0.4, -0.2) is 78.9 Å². The summed E-state index contributed by atoms with van der Waals surface area (Å²) in [5, 5.41) is 7.12. The van der Waals surface area contributed by atoms with Gasteiger partial charge in [-0.15, -0.1) is 0 Å². The van der Waals surface area contributed by atoms with Gasteiger partial charge in [-0.25, -0.2) is 19.2 Å². The second-order valence-electron chi connectivity index (χ2n) is 8.18. The third kappa shape index (κ3) is 6.48. The van der Waals surface area contributed by atoms with Crippen molar-refractivity contribution in [2.45, 2.75) is 37.5 Å². The van der Waals surface area contributed by atoms with Crippen molar-refractivity contribution in [1.82, 2.24) is 9.97 Å². The molecule has 1 spiro atoms. The maximum atomic E-state index is 12.9. The first kappa shape index (κ1) is 24.6. The van der Waals surface area contributed by atoms with Gasteiger partial charge in [0.1, 0.15) is 5.60 Å². The molecule has 3 aliphatic heterocycles. The van der Waals surface area contributed by atoms with Crippen LogP contribution in [0, 0.1) is 17.7 Å². The Hall–Kier alpha value is -2.05. The molecule has 1 aromatic rings. The number of halogens is 4. The van der Waals surface area contributed by atoms with E-state index in [-0.39, 0.29) is 5.60 Å². The third-order valence-corrected chi connectivity index (χ3v) is 5.95. The summed E-state index contributed by atoms with van der Waals surface area (Å²) in [5.41, 5.74) is -0.0974. The van der Waals surface area contributed by atoms with Gasteiger partial charge in [-0.05, 0) is 37.5 Å². The molecule has 0 saturated carbocycles. The summed E-state index contributed by atoms with van der Waals surface area (Å²) in [6, 6.07) is 0. The number of hydrogen-bond acceptors (Lipinski definition) is 7. The first-order valence-electron chi connectivity index (χ1n) is 10.5. The van der Waals surface area contributed by atoms with E-state index < -0.39 is 18.0 Å². The molecule has 1 unspecified atom stereocenters. The fourth-order valence-corrected chi connectivity index (χ4v) is 4.14. The van der Waals surface area contributed by atoms with Crippen LogP contribution in [0.2, 0.25) is 0 Å². The molecule has 1 N–H and O–H groups in total. The number of hydrogen-bond donors (Lipinski definition) is 1. The molecule has 4 heterocycles. The van der Waals surface area contributed by atoms with Gasteiger partial charge in [0, 0.05) is 33.0 Å². The van der Waals surface area contributed by atoms with Gasteiger partial charge in [0.15, 0.2) is 5.82 Å². The first-order chi connectivity index (χ1) is 15.2. The van der Waals surface area contributed by atoms with E-state index in [4.69, 9.17) is 24.1 Å². The van der Waals surface area contributed by atoms with Gasteiger partial charge >= 0.3 is 12.1 Å². The maximum absolute atomic E-state index is 12.9. The number of alkyl halides is 3. The highest BCUT2D eigenvalue weighted by Crippen LogP contribution is 2.42. The highest BCUT2D eigenvalue weighted by molar-refractivity contribution is 5.73. The van der Waals surface area contributed by atoms with Crippen molar-refractivity contribution in [3.63, 3.8) is 0 Å². The van der Waals surface area contributed by atoms with Crippen LogP contribution in [0.1, 0.15) is 25.7 Å². The molecule has 0 aliphatic carbocycles. The average Bonchev–Trinajstić information content (AvgIpc) is 3.15. The van der Waals surface area contributed by atoms with Crippen molar-refractivity contribution in [2.24, 2.45) is 11.8 Å². The molecule has 0 aromatic carbocycles. The topological polar surface area (TPSA) is 94.0 Å². The number of ether oxygens (including phenoxy) is 3. The van der Waals surface area contributed by atoms with E-state index in [2.05, 4.69) is 14.9 Å². The van der Waals surface area contributed by atoms with Gasteiger partial charge in [-0.3, -0.25) is 0 Å². The molecular weight excluding hydrogens is 438 g/mol. The van der Waals surface area contributed by atoms with Crippen LogP contribution in [0.25, 0.3) is 0 Å². The van der Waals surface area contributed by atoms with E-state index in [1.54, 1.807) is 0 Å². The molecule has 0 amide bonds. The predicted octanol–water partition coefficient (Wildman–Crippen LogP) is 2.68. The van der Waals surface area contributed by atoms with Crippen LogP contribution in [0.15, 0.2) is 12.4 Å². The van der Waals surface area contributed by atoms with E-state index >= 15 is 0 Å². The second-order valence-corrected chi connectivity index (χ2v) is 8.18. The van der Waals surface area contributed by atoms with Crippen molar-refractivity contribution in [3.05, 3.63) is 18.2 Å². The average molecular weight is 465 g/mol. The second kappa shape index (κ2) is 10.7. The van der Waals surface area contributed by atoms with Crippen LogP contribution in [0.4, 0.5) is 23.5 Å². The monoisotopic (exact) mass is 465 g/mol. The molecule has 1 aromatic heterocycles. The summed E-state index contributed by atoms with van der Waals surface area (Å²) in [5.74, 6) is -1.42. The number of anilines is 1. The summed E-state index contributed by atoms with van der Waals surface area (Å²) in [4.78, 5) is 19.1. The quantitative estimate of drug-likeness (QED) is 0.506. The van der Waals surface area contributed by atoms with Crippen LogP contribution in [0.3, 0.4) is 0 Å². The van der Waals surface area contributed by atoms with Crippen molar-refractivity contribution in [1.29, 1.82) is 0 Å². The van der Waals surface area contributed by atoms with Gasteiger partial charge in [0.2, 0.25) is 5.95 Å². The van der Waals surface area contributed by atoms with Crippen LogP contribution >= 0.6 is 0 Å². The normalized spacial score (nSPS) is 22.9. The fourth-order valence-electron chi connectivity index (χ4n) is 4.14. The van der Waals surface area contributed by atoms with Crippen LogP contribution in [-0.2, 0) is 19.0 Å². The molecule has 1 atom stereocenters. The largest absolute Gasteiger partial charge is 0.490 e. The molecule has 3 fully saturated rings. The molecule has 8 nitrogen and oxygen atoms in total. The van der Waals surface area contributed by atoms with Gasteiger partial charge in [0.05, 0.1) is 25.5 Å². The molecule has 3 saturated heterocycles. The lowest BCUT2D eigenvalue weighted by molar-refractivity contribution is -0.192. The van der Waals surface area contributed by atoms with Crippen molar-refractivity contribution < 1.29 is 41.7 Å². The van der Waals surface area contributed by atoms with E-state index in [0.717, 1.165) is 71.8 Å². The lowest BCUT2D eigenvalue weighted by Crippen LogP contribution is -2.65. The molecule has 32 heavy (non-hydrogen) atoms. The highest BCUT2D eigenvalue weighted by atomic mass is 19.4. The minimum atomic E-state index is -5.08. The molecule has 3 aliphatic rings. The van der Waals surface area contributed by atoms with Gasteiger partial charge in [-0.1, -0.05) is 0 Å². The van der Waals surface area contributed by atoms with Crippen LogP contribution < -0.4 is 4.90 Å². The summed E-state index contributed by atoms with van der Waals surface area (Å²) >= 11 is 0. The summed E-state index contributed by atoms with van der Waals surface area (Å²) in [6.07, 6.45) is 1.68. The zero-order valence-corrected chi connectivity index (χ0v) is 17.5. The summed E-state index contributed by atoms with van der Waals surface area (Å²) < 4.78 is 62.1. The van der Waals surface area contributed by atoms with E-state index in [1.165, 1.54) is 12.4 Å². The number of rotatable bonds is 6. The number of aromatic nitrogens is 2. The molecule has 0 radical (unpaired) electrons. The Bertz CT molecular complexity index is 738. The Morgan fingerprint density at radius 1 is 1.19 bits per heavy atom.